The van der Waals surface area contributed by atoms with Gasteiger partial charge in [-0.05, 0) is 64.4 Å². The Morgan fingerprint density at radius 1 is 1.13 bits per heavy atom. The summed E-state index contributed by atoms with van der Waals surface area (Å²) in [6, 6.07) is 6.47. The number of hydrogen-bond acceptors (Lipinski definition) is 6. The maximum atomic E-state index is 13.4. The molecule has 39 heavy (non-hydrogen) atoms. The van der Waals surface area contributed by atoms with Gasteiger partial charge in [0.15, 0.2) is 5.01 Å². The van der Waals surface area contributed by atoms with Crippen molar-refractivity contribution in [1.82, 2.24) is 30.4 Å². The lowest BCUT2D eigenvalue weighted by Gasteiger charge is -2.37. The molecule has 3 amide bonds. The maximum Gasteiger partial charge on any atom is 0.280 e. The number of halogens is 1. The number of hydrogen-bond donors (Lipinski definition) is 3. The van der Waals surface area contributed by atoms with Crippen LogP contribution in [0.4, 0.5) is 0 Å². The van der Waals surface area contributed by atoms with E-state index in [1.807, 2.05) is 30.9 Å². The van der Waals surface area contributed by atoms with Crippen LogP contribution in [0.15, 0.2) is 24.3 Å². The van der Waals surface area contributed by atoms with Gasteiger partial charge in [0.1, 0.15) is 5.69 Å². The summed E-state index contributed by atoms with van der Waals surface area (Å²) in [4.78, 5) is 52.8. The molecule has 1 aliphatic carbocycles. The van der Waals surface area contributed by atoms with Gasteiger partial charge in [-0.2, -0.15) is 0 Å². The van der Waals surface area contributed by atoms with Gasteiger partial charge in [-0.25, -0.2) is 4.98 Å². The minimum Gasteiger partial charge on any atom is -0.351 e. The molecule has 1 saturated carbocycles. The number of aromatic amines is 1. The number of likely N-dealkylation sites (N-methyl/N-ethyl adjacent to an activating group) is 1. The minimum absolute atomic E-state index is 0.101. The molecule has 3 atom stereocenters. The predicted molar refractivity (Wildman–Crippen MR) is 153 cm³/mol. The number of nitrogens with one attached hydrogen (secondary N) is 3. The minimum atomic E-state index is -0.401. The van der Waals surface area contributed by atoms with Gasteiger partial charge in [-0.15, -0.1) is 11.3 Å². The second kappa shape index (κ2) is 11.7. The van der Waals surface area contributed by atoms with E-state index < -0.39 is 6.04 Å². The third-order valence-electron chi connectivity index (χ3n) is 7.85. The van der Waals surface area contributed by atoms with Crippen molar-refractivity contribution in [2.45, 2.75) is 58.2 Å². The normalized spacial score (nSPS) is 21.4. The Hall–Kier alpha value is -2.95. The quantitative estimate of drug-likeness (QED) is 0.400. The number of amides is 3. The number of fused-ring (bicyclic) bond motifs is 2. The van der Waals surface area contributed by atoms with Crippen molar-refractivity contribution < 1.29 is 14.4 Å². The number of thiazole rings is 1. The summed E-state index contributed by atoms with van der Waals surface area (Å²) in [5.74, 6) is -0.619. The molecule has 1 aliphatic heterocycles. The van der Waals surface area contributed by atoms with Gasteiger partial charge in [0.05, 0.1) is 11.7 Å². The standard InChI is InChI=1S/C28H35ClN6O3S/c1-4-35(5-2)28(38)16-6-8-20(31-25(36)23-14-17-12-18(29)7-9-19(17)30-23)22(13-16)32-26(37)27-33-21-10-11-34(3)15-24(21)39-27/h7,9,12,14,16,20,22,30H,4-6,8,10-11,13,15H2,1-3H3,(H,31,36)(H,32,37)/t16-,20-,22+/m0/s1. The number of rotatable bonds is 7. The third kappa shape index (κ3) is 5.97. The van der Waals surface area contributed by atoms with Crippen molar-refractivity contribution in [1.29, 1.82) is 0 Å². The van der Waals surface area contributed by atoms with E-state index in [0.29, 0.717) is 48.1 Å². The first-order valence-electron chi connectivity index (χ1n) is 13.6. The molecule has 3 heterocycles. The van der Waals surface area contributed by atoms with E-state index >= 15 is 0 Å². The average molecular weight is 571 g/mol. The van der Waals surface area contributed by atoms with E-state index in [-0.39, 0.29) is 29.7 Å². The predicted octanol–water partition coefficient (Wildman–Crippen LogP) is 3.83. The van der Waals surface area contributed by atoms with Crippen LogP contribution in [0, 0.1) is 5.92 Å². The molecule has 0 radical (unpaired) electrons. The first-order chi connectivity index (χ1) is 18.7. The zero-order valence-corrected chi connectivity index (χ0v) is 24.1. The number of carbonyl (C=O) groups excluding carboxylic acids is 3. The van der Waals surface area contributed by atoms with E-state index in [1.165, 1.54) is 11.3 Å². The lowest BCUT2D eigenvalue weighted by atomic mass is 9.81. The molecule has 1 fully saturated rings. The number of H-pyrrole nitrogens is 1. The number of nitrogens with zero attached hydrogens (tertiary/aromatic N) is 3. The highest BCUT2D eigenvalue weighted by molar-refractivity contribution is 7.13. The molecule has 0 saturated heterocycles. The largest absolute Gasteiger partial charge is 0.351 e. The molecule has 1 aromatic carbocycles. The lowest BCUT2D eigenvalue weighted by Crippen LogP contribution is -2.56. The van der Waals surface area contributed by atoms with Crippen molar-refractivity contribution in [3.8, 4) is 0 Å². The molecule has 11 heteroatoms. The molecule has 208 valence electrons. The van der Waals surface area contributed by atoms with Crippen molar-refractivity contribution in [2.75, 3.05) is 26.7 Å². The monoisotopic (exact) mass is 570 g/mol. The van der Waals surface area contributed by atoms with Gasteiger partial charge in [-0.1, -0.05) is 11.6 Å². The van der Waals surface area contributed by atoms with Gasteiger partial charge in [-0.3, -0.25) is 14.4 Å². The van der Waals surface area contributed by atoms with Crippen LogP contribution in [-0.4, -0.2) is 76.3 Å². The average Bonchev–Trinajstić information content (AvgIpc) is 3.54. The first kappa shape index (κ1) is 27.6. The second-order valence-electron chi connectivity index (χ2n) is 10.5. The Morgan fingerprint density at radius 2 is 1.90 bits per heavy atom. The highest BCUT2D eigenvalue weighted by Gasteiger charge is 2.37. The molecule has 2 aromatic heterocycles. The summed E-state index contributed by atoms with van der Waals surface area (Å²) in [7, 11) is 2.06. The Balaban J connectivity index is 1.34. The number of benzene rings is 1. The van der Waals surface area contributed by atoms with Crippen LogP contribution in [-0.2, 0) is 17.8 Å². The van der Waals surface area contributed by atoms with Crippen LogP contribution in [0.5, 0.6) is 0 Å². The summed E-state index contributed by atoms with van der Waals surface area (Å²) < 4.78 is 0. The van der Waals surface area contributed by atoms with E-state index in [2.05, 4.69) is 32.5 Å². The Morgan fingerprint density at radius 3 is 2.67 bits per heavy atom. The molecule has 3 aromatic rings. The van der Waals surface area contributed by atoms with Crippen molar-refractivity contribution in [2.24, 2.45) is 5.92 Å². The highest BCUT2D eigenvalue weighted by Crippen LogP contribution is 2.29. The molecule has 0 bridgehead atoms. The molecular weight excluding hydrogens is 536 g/mol. The van der Waals surface area contributed by atoms with E-state index in [0.717, 1.165) is 41.0 Å². The summed E-state index contributed by atoms with van der Waals surface area (Å²) in [5.41, 5.74) is 2.24. The summed E-state index contributed by atoms with van der Waals surface area (Å²) >= 11 is 7.54. The summed E-state index contributed by atoms with van der Waals surface area (Å²) in [6.07, 6.45) is 2.52. The van der Waals surface area contributed by atoms with Gasteiger partial charge in [0.25, 0.3) is 11.8 Å². The smallest absolute Gasteiger partial charge is 0.280 e. The van der Waals surface area contributed by atoms with Crippen molar-refractivity contribution in [3.63, 3.8) is 0 Å². The Bertz CT molecular complexity index is 1380. The van der Waals surface area contributed by atoms with Crippen LogP contribution in [0.1, 0.15) is 64.0 Å². The Kier molecular flexibility index (Phi) is 8.25. The van der Waals surface area contributed by atoms with Crippen molar-refractivity contribution in [3.05, 3.63) is 50.6 Å². The molecule has 9 nitrogen and oxygen atoms in total. The van der Waals surface area contributed by atoms with Crippen LogP contribution < -0.4 is 10.6 Å². The zero-order valence-electron chi connectivity index (χ0n) is 22.6. The van der Waals surface area contributed by atoms with Crippen LogP contribution in [0.3, 0.4) is 0 Å². The number of aromatic nitrogens is 2. The van der Waals surface area contributed by atoms with E-state index in [1.54, 1.807) is 12.1 Å². The van der Waals surface area contributed by atoms with Gasteiger partial charge < -0.3 is 25.4 Å². The molecule has 0 spiro atoms. The van der Waals surface area contributed by atoms with E-state index in [9.17, 15) is 14.4 Å². The molecule has 2 aliphatic rings. The highest BCUT2D eigenvalue weighted by atomic mass is 35.5. The van der Waals surface area contributed by atoms with Gasteiger partial charge in [0, 0.05) is 65.4 Å². The fourth-order valence-corrected chi connectivity index (χ4v) is 6.91. The molecule has 0 unspecified atom stereocenters. The molecule has 5 rings (SSSR count). The topological polar surface area (TPSA) is 110 Å². The summed E-state index contributed by atoms with van der Waals surface area (Å²) in [6.45, 7) is 6.95. The zero-order chi connectivity index (χ0) is 27.7. The first-order valence-corrected chi connectivity index (χ1v) is 14.8. The maximum absolute atomic E-state index is 13.4. The SMILES string of the molecule is CCN(CC)C(=O)[C@H]1CC[C@H](NC(=O)c2cc3cc(Cl)ccc3[nH]2)[C@H](NC(=O)c2nc3c(s2)CN(C)CC3)C1. The fraction of sp³-hybridized carbons (Fsp3) is 0.500. The molecule has 3 N–H and O–H groups in total. The van der Waals surface area contributed by atoms with Crippen LogP contribution in [0.2, 0.25) is 5.02 Å². The Labute approximate surface area is 237 Å². The van der Waals surface area contributed by atoms with Crippen molar-refractivity contribution >= 4 is 51.6 Å². The fourth-order valence-electron chi connectivity index (χ4n) is 5.64. The molecular formula is C28H35ClN6O3S. The summed E-state index contributed by atoms with van der Waals surface area (Å²) in [5, 5.41) is 8.15. The second-order valence-corrected chi connectivity index (χ2v) is 12.0. The third-order valence-corrected chi connectivity index (χ3v) is 9.17. The van der Waals surface area contributed by atoms with Crippen LogP contribution >= 0.6 is 22.9 Å². The lowest BCUT2D eigenvalue weighted by molar-refractivity contribution is -0.136. The van der Waals surface area contributed by atoms with Gasteiger partial charge >= 0.3 is 0 Å². The van der Waals surface area contributed by atoms with E-state index in [4.69, 9.17) is 11.6 Å². The number of carbonyl (C=O) groups is 3. The van der Waals surface area contributed by atoms with Gasteiger partial charge in [0.2, 0.25) is 5.91 Å². The van der Waals surface area contributed by atoms with Crippen LogP contribution in [0.25, 0.3) is 10.9 Å².